The zero-order chi connectivity index (χ0) is 13.7. The van der Waals surface area contributed by atoms with Gasteiger partial charge in [-0.3, -0.25) is 0 Å². The van der Waals surface area contributed by atoms with E-state index in [4.69, 9.17) is 10.5 Å². The van der Waals surface area contributed by atoms with Gasteiger partial charge in [0.2, 0.25) is 0 Å². The zero-order valence-electron chi connectivity index (χ0n) is 11.9. The summed E-state index contributed by atoms with van der Waals surface area (Å²) in [6, 6.07) is 0. The highest BCUT2D eigenvalue weighted by Gasteiger charge is 2.27. The van der Waals surface area contributed by atoms with Crippen LogP contribution in [0.2, 0.25) is 0 Å². The van der Waals surface area contributed by atoms with Gasteiger partial charge < -0.3 is 15.8 Å². The van der Waals surface area contributed by atoms with Crippen molar-refractivity contribution >= 4 is 11.6 Å². The highest BCUT2D eigenvalue weighted by Crippen LogP contribution is 2.39. The van der Waals surface area contributed by atoms with E-state index in [0.29, 0.717) is 11.7 Å². The number of hydrogen-bond acceptors (Lipinski definition) is 5. The number of rotatable bonds is 8. The summed E-state index contributed by atoms with van der Waals surface area (Å²) in [5.74, 6) is 2.90. The number of ether oxygens (including phenoxy) is 1. The highest BCUT2D eigenvalue weighted by molar-refractivity contribution is 5.55. The summed E-state index contributed by atoms with van der Waals surface area (Å²) in [6.45, 7) is 6.55. The molecular weight excluding hydrogens is 240 g/mol. The molecule has 0 atom stereocenters. The van der Waals surface area contributed by atoms with Crippen LogP contribution in [0.1, 0.15) is 49.9 Å². The fourth-order valence-electron chi connectivity index (χ4n) is 1.88. The van der Waals surface area contributed by atoms with E-state index in [9.17, 15) is 0 Å². The molecule has 5 nitrogen and oxygen atoms in total. The first-order chi connectivity index (χ1) is 9.22. The number of nitrogen functional groups attached to an aromatic ring is 1. The Kier molecular flexibility index (Phi) is 4.96. The van der Waals surface area contributed by atoms with Gasteiger partial charge in [0.1, 0.15) is 17.5 Å². The molecule has 1 aromatic rings. The first kappa shape index (κ1) is 14.1. The van der Waals surface area contributed by atoms with Crippen LogP contribution in [-0.2, 0) is 4.74 Å². The van der Waals surface area contributed by atoms with Gasteiger partial charge in [-0.05, 0) is 32.6 Å². The third-order valence-corrected chi connectivity index (χ3v) is 3.25. The lowest BCUT2D eigenvalue weighted by Gasteiger charge is -2.11. The molecule has 1 aliphatic carbocycles. The van der Waals surface area contributed by atoms with Crippen LogP contribution < -0.4 is 11.1 Å². The van der Waals surface area contributed by atoms with Gasteiger partial charge in [-0.15, -0.1) is 0 Å². The number of hydrogen-bond donors (Lipinski definition) is 2. The van der Waals surface area contributed by atoms with Crippen LogP contribution in [0.15, 0.2) is 0 Å². The Balaban J connectivity index is 1.84. The zero-order valence-corrected chi connectivity index (χ0v) is 11.9. The standard InChI is InChI=1S/C14H24N4O/c1-3-8-19-9-4-7-16-13-10(2)12(15)17-14(18-13)11-5-6-11/h11H,3-9H2,1-2H3,(H3,15,16,17,18). The van der Waals surface area contributed by atoms with Crippen LogP contribution in [-0.4, -0.2) is 29.7 Å². The van der Waals surface area contributed by atoms with Gasteiger partial charge >= 0.3 is 0 Å². The summed E-state index contributed by atoms with van der Waals surface area (Å²) in [7, 11) is 0. The monoisotopic (exact) mass is 264 g/mol. The third-order valence-electron chi connectivity index (χ3n) is 3.25. The minimum Gasteiger partial charge on any atom is -0.383 e. The molecule has 0 aromatic carbocycles. The lowest BCUT2D eigenvalue weighted by atomic mass is 10.2. The largest absolute Gasteiger partial charge is 0.383 e. The molecule has 0 spiro atoms. The molecule has 0 amide bonds. The second kappa shape index (κ2) is 6.70. The van der Waals surface area contributed by atoms with E-state index >= 15 is 0 Å². The fourth-order valence-corrected chi connectivity index (χ4v) is 1.88. The van der Waals surface area contributed by atoms with Crippen LogP contribution in [0.5, 0.6) is 0 Å². The Labute approximate surface area is 115 Å². The van der Waals surface area contributed by atoms with Crippen molar-refractivity contribution in [1.82, 2.24) is 9.97 Å². The highest BCUT2D eigenvalue weighted by atomic mass is 16.5. The SMILES string of the molecule is CCCOCCCNc1nc(C2CC2)nc(N)c1C. The molecular formula is C14H24N4O. The van der Waals surface area contributed by atoms with Crippen molar-refractivity contribution in [3.8, 4) is 0 Å². The quantitative estimate of drug-likeness (QED) is 0.706. The summed E-state index contributed by atoms with van der Waals surface area (Å²) in [4.78, 5) is 8.95. The molecule has 1 heterocycles. The summed E-state index contributed by atoms with van der Waals surface area (Å²) < 4.78 is 5.45. The van der Waals surface area contributed by atoms with Crippen molar-refractivity contribution in [1.29, 1.82) is 0 Å². The van der Waals surface area contributed by atoms with Gasteiger partial charge in [-0.1, -0.05) is 6.92 Å². The van der Waals surface area contributed by atoms with E-state index in [1.807, 2.05) is 6.92 Å². The molecule has 0 aliphatic heterocycles. The van der Waals surface area contributed by atoms with Crippen LogP contribution in [0, 0.1) is 6.92 Å². The van der Waals surface area contributed by atoms with Gasteiger partial charge in [0, 0.05) is 31.2 Å². The predicted octanol–water partition coefficient (Wildman–Crippen LogP) is 2.47. The van der Waals surface area contributed by atoms with E-state index in [0.717, 1.165) is 49.8 Å². The molecule has 0 radical (unpaired) electrons. The van der Waals surface area contributed by atoms with Crippen molar-refractivity contribution in [2.24, 2.45) is 0 Å². The average Bonchev–Trinajstić information content (AvgIpc) is 3.22. The molecule has 0 saturated heterocycles. The van der Waals surface area contributed by atoms with Crippen molar-refractivity contribution < 1.29 is 4.74 Å². The first-order valence-electron chi connectivity index (χ1n) is 7.18. The fraction of sp³-hybridized carbons (Fsp3) is 0.714. The Morgan fingerprint density at radius 3 is 2.79 bits per heavy atom. The summed E-state index contributed by atoms with van der Waals surface area (Å²) >= 11 is 0. The minimum atomic E-state index is 0.524. The number of nitrogens with one attached hydrogen (secondary N) is 1. The van der Waals surface area contributed by atoms with Gasteiger partial charge in [0.25, 0.3) is 0 Å². The maximum absolute atomic E-state index is 5.94. The van der Waals surface area contributed by atoms with E-state index in [-0.39, 0.29) is 0 Å². The second-order valence-corrected chi connectivity index (χ2v) is 5.11. The lowest BCUT2D eigenvalue weighted by molar-refractivity contribution is 0.134. The molecule has 1 saturated carbocycles. The second-order valence-electron chi connectivity index (χ2n) is 5.11. The third kappa shape index (κ3) is 4.06. The Bertz CT molecular complexity index is 418. The normalized spacial score (nSPS) is 14.6. The molecule has 0 unspecified atom stereocenters. The van der Waals surface area contributed by atoms with Crippen LogP contribution in [0.3, 0.4) is 0 Å². The molecule has 1 aliphatic rings. The Hall–Kier alpha value is -1.36. The average molecular weight is 264 g/mol. The molecule has 5 heteroatoms. The Morgan fingerprint density at radius 2 is 2.11 bits per heavy atom. The molecule has 1 fully saturated rings. The maximum atomic E-state index is 5.94. The Morgan fingerprint density at radius 1 is 1.32 bits per heavy atom. The first-order valence-corrected chi connectivity index (χ1v) is 7.18. The number of nitrogens with zero attached hydrogens (tertiary/aromatic N) is 2. The molecule has 3 N–H and O–H groups in total. The predicted molar refractivity (Wildman–Crippen MR) is 77.4 cm³/mol. The number of nitrogens with two attached hydrogens (primary N) is 1. The van der Waals surface area contributed by atoms with Gasteiger partial charge in [0.15, 0.2) is 0 Å². The van der Waals surface area contributed by atoms with Crippen LogP contribution >= 0.6 is 0 Å². The van der Waals surface area contributed by atoms with Crippen molar-refractivity contribution in [3.05, 3.63) is 11.4 Å². The summed E-state index contributed by atoms with van der Waals surface area (Å²) in [5.41, 5.74) is 6.88. The van der Waals surface area contributed by atoms with E-state index < -0.39 is 0 Å². The molecule has 1 aromatic heterocycles. The molecule has 19 heavy (non-hydrogen) atoms. The van der Waals surface area contributed by atoms with E-state index in [1.165, 1.54) is 12.8 Å². The molecule has 106 valence electrons. The lowest BCUT2D eigenvalue weighted by Crippen LogP contribution is -2.11. The van der Waals surface area contributed by atoms with Crippen molar-refractivity contribution in [2.45, 2.75) is 45.4 Å². The van der Waals surface area contributed by atoms with Crippen LogP contribution in [0.25, 0.3) is 0 Å². The number of aromatic nitrogens is 2. The van der Waals surface area contributed by atoms with E-state index in [1.54, 1.807) is 0 Å². The molecule has 2 rings (SSSR count). The topological polar surface area (TPSA) is 73.1 Å². The maximum Gasteiger partial charge on any atom is 0.136 e. The molecule has 0 bridgehead atoms. The summed E-state index contributed by atoms with van der Waals surface area (Å²) in [6.07, 6.45) is 4.42. The number of anilines is 2. The van der Waals surface area contributed by atoms with Crippen molar-refractivity contribution in [2.75, 3.05) is 30.8 Å². The summed E-state index contributed by atoms with van der Waals surface area (Å²) in [5, 5.41) is 3.34. The van der Waals surface area contributed by atoms with Gasteiger partial charge in [-0.2, -0.15) is 0 Å². The van der Waals surface area contributed by atoms with Gasteiger partial charge in [0.05, 0.1) is 0 Å². The van der Waals surface area contributed by atoms with Crippen LogP contribution in [0.4, 0.5) is 11.6 Å². The van der Waals surface area contributed by atoms with Crippen molar-refractivity contribution in [3.63, 3.8) is 0 Å². The van der Waals surface area contributed by atoms with Gasteiger partial charge in [-0.25, -0.2) is 9.97 Å². The van der Waals surface area contributed by atoms with E-state index in [2.05, 4.69) is 22.2 Å². The smallest absolute Gasteiger partial charge is 0.136 e. The minimum absolute atomic E-state index is 0.524.